The smallest absolute Gasteiger partial charge is 0.221 e. The highest BCUT2D eigenvalue weighted by molar-refractivity contribution is 5.77. The van der Waals surface area contributed by atoms with Crippen molar-refractivity contribution in [2.75, 3.05) is 19.8 Å². The highest BCUT2D eigenvalue weighted by atomic mass is 16.5. The van der Waals surface area contributed by atoms with Crippen molar-refractivity contribution in [2.24, 2.45) is 5.92 Å². The van der Waals surface area contributed by atoms with Gasteiger partial charge in [-0.3, -0.25) is 4.79 Å². The molecule has 1 heterocycles. The number of ether oxygens (including phenoxy) is 1. The zero-order chi connectivity index (χ0) is 12.1. The van der Waals surface area contributed by atoms with Crippen LogP contribution in [0.3, 0.4) is 0 Å². The molecule has 3 unspecified atom stereocenters. The van der Waals surface area contributed by atoms with Crippen molar-refractivity contribution in [3.05, 3.63) is 0 Å². The standard InChI is InChI=1S/C12H19N3O2/c13-7-9-2-1-3-11(9)15-12(16)6-10-8-17-5-4-14-10/h9-11,14H,1-6,8H2,(H,15,16). The molecule has 2 N–H and O–H groups in total. The lowest BCUT2D eigenvalue weighted by Crippen LogP contribution is -2.46. The van der Waals surface area contributed by atoms with Gasteiger partial charge in [0.05, 0.1) is 25.2 Å². The summed E-state index contributed by atoms with van der Waals surface area (Å²) in [6.45, 7) is 2.12. The molecular weight excluding hydrogens is 218 g/mol. The second-order valence-corrected chi connectivity index (χ2v) is 4.77. The average Bonchev–Trinajstić information content (AvgIpc) is 2.77. The number of nitrogens with one attached hydrogen (secondary N) is 2. The Bertz CT molecular complexity index is 307. The van der Waals surface area contributed by atoms with Crippen molar-refractivity contribution >= 4 is 5.91 Å². The SMILES string of the molecule is N#CC1CCCC1NC(=O)CC1COCCN1. The van der Waals surface area contributed by atoms with Gasteiger partial charge in [0.15, 0.2) is 0 Å². The van der Waals surface area contributed by atoms with Gasteiger partial charge >= 0.3 is 0 Å². The topological polar surface area (TPSA) is 74.2 Å². The van der Waals surface area contributed by atoms with Crippen molar-refractivity contribution < 1.29 is 9.53 Å². The predicted octanol–water partition coefficient (Wildman–Crippen LogP) is 0.173. The fraction of sp³-hybridized carbons (Fsp3) is 0.833. The van der Waals surface area contributed by atoms with Crippen molar-refractivity contribution in [1.29, 1.82) is 5.26 Å². The van der Waals surface area contributed by atoms with E-state index in [2.05, 4.69) is 16.7 Å². The van der Waals surface area contributed by atoms with Crippen LogP contribution in [0.4, 0.5) is 0 Å². The maximum absolute atomic E-state index is 11.8. The summed E-state index contributed by atoms with van der Waals surface area (Å²) in [6.07, 6.45) is 3.31. The Labute approximate surface area is 102 Å². The quantitative estimate of drug-likeness (QED) is 0.734. The summed E-state index contributed by atoms with van der Waals surface area (Å²) in [5.41, 5.74) is 0. The fourth-order valence-corrected chi connectivity index (χ4v) is 2.53. The third-order valence-corrected chi connectivity index (χ3v) is 3.46. The van der Waals surface area contributed by atoms with E-state index in [1.165, 1.54) is 0 Å². The van der Waals surface area contributed by atoms with Gasteiger partial charge in [0, 0.05) is 25.0 Å². The molecule has 2 rings (SSSR count). The third kappa shape index (κ3) is 3.42. The van der Waals surface area contributed by atoms with E-state index >= 15 is 0 Å². The number of nitriles is 1. The lowest BCUT2D eigenvalue weighted by molar-refractivity contribution is -0.123. The molecule has 0 spiro atoms. The highest BCUT2D eigenvalue weighted by Crippen LogP contribution is 2.24. The molecule has 94 valence electrons. The molecular formula is C12H19N3O2. The first-order valence-electron chi connectivity index (χ1n) is 6.29. The van der Waals surface area contributed by atoms with Crippen LogP contribution in [0.5, 0.6) is 0 Å². The molecule has 3 atom stereocenters. The summed E-state index contributed by atoms with van der Waals surface area (Å²) in [5.74, 6) is 0.0228. The van der Waals surface area contributed by atoms with Crippen LogP contribution in [0, 0.1) is 17.2 Å². The molecule has 5 heteroatoms. The Morgan fingerprint density at radius 3 is 3.12 bits per heavy atom. The summed E-state index contributed by atoms with van der Waals surface area (Å²) in [5, 5.41) is 15.2. The first-order chi connectivity index (χ1) is 8.29. The van der Waals surface area contributed by atoms with Crippen LogP contribution in [-0.4, -0.2) is 37.7 Å². The zero-order valence-corrected chi connectivity index (χ0v) is 9.95. The van der Waals surface area contributed by atoms with Gasteiger partial charge in [-0.05, 0) is 19.3 Å². The normalized spacial score (nSPS) is 33.0. The maximum Gasteiger partial charge on any atom is 0.221 e. The minimum Gasteiger partial charge on any atom is -0.378 e. The van der Waals surface area contributed by atoms with Gasteiger partial charge in [-0.15, -0.1) is 0 Å². The maximum atomic E-state index is 11.8. The van der Waals surface area contributed by atoms with E-state index in [-0.39, 0.29) is 23.9 Å². The van der Waals surface area contributed by atoms with Gasteiger partial charge in [-0.25, -0.2) is 0 Å². The molecule has 17 heavy (non-hydrogen) atoms. The van der Waals surface area contributed by atoms with Gasteiger partial charge in [0.1, 0.15) is 0 Å². The van der Waals surface area contributed by atoms with Crippen LogP contribution in [0.25, 0.3) is 0 Å². The minimum absolute atomic E-state index is 0.00508. The van der Waals surface area contributed by atoms with Gasteiger partial charge in [0.25, 0.3) is 0 Å². The minimum atomic E-state index is -0.00508. The summed E-state index contributed by atoms with van der Waals surface area (Å²) in [7, 11) is 0. The molecule has 0 aromatic rings. The molecule has 2 aliphatic rings. The number of amides is 1. The second kappa shape index (κ2) is 5.99. The van der Waals surface area contributed by atoms with Crippen molar-refractivity contribution in [2.45, 2.75) is 37.8 Å². The number of morpholine rings is 1. The summed E-state index contributed by atoms with van der Waals surface area (Å²) >= 11 is 0. The highest BCUT2D eigenvalue weighted by Gasteiger charge is 2.29. The van der Waals surface area contributed by atoms with Crippen molar-refractivity contribution in [1.82, 2.24) is 10.6 Å². The molecule has 1 aliphatic carbocycles. The van der Waals surface area contributed by atoms with E-state index < -0.39 is 0 Å². The fourth-order valence-electron chi connectivity index (χ4n) is 2.53. The number of hydrogen-bond acceptors (Lipinski definition) is 4. The molecule has 0 bridgehead atoms. The van der Waals surface area contributed by atoms with Gasteiger partial charge in [-0.1, -0.05) is 0 Å². The largest absolute Gasteiger partial charge is 0.378 e. The predicted molar refractivity (Wildman–Crippen MR) is 62.1 cm³/mol. The number of carbonyl (C=O) groups excluding carboxylic acids is 1. The van der Waals surface area contributed by atoms with E-state index in [1.807, 2.05) is 0 Å². The zero-order valence-electron chi connectivity index (χ0n) is 9.95. The molecule has 5 nitrogen and oxygen atoms in total. The molecule has 0 aromatic heterocycles. The Kier molecular flexibility index (Phi) is 4.35. The lowest BCUT2D eigenvalue weighted by atomic mass is 10.1. The Morgan fingerprint density at radius 1 is 1.53 bits per heavy atom. The van der Waals surface area contributed by atoms with Crippen LogP contribution in [-0.2, 0) is 9.53 Å². The van der Waals surface area contributed by atoms with E-state index in [1.54, 1.807) is 0 Å². The molecule has 0 radical (unpaired) electrons. The van der Waals surface area contributed by atoms with Crippen LogP contribution < -0.4 is 10.6 Å². The number of nitrogens with zero attached hydrogens (tertiary/aromatic N) is 1. The van der Waals surface area contributed by atoms with E-state index in [4.69, 9.17) is 10.00 Å². The second-order valence-electron chi connectivity index (χ2n) is 4.77. The van der Waals surface area contributed by atoms with E-state index in [9.17, 15) is 4.79 Å². The van der Waals surface area contributed by atoms with E-state index in [0.29, 0.717) is 13.0 Å². The van der Waals surface area contributed by atoms with E-state index in [0.717, 1.165) is 32.4 Å². The monoisotopic (exact) mass is 237 g/mol. The van der Waals surface area contributed by atoms with Crippen LogP contribution >= 0.6 is 0 Å². The van der Waals surface area contributed by atoms with Gasteiger partial charge in [0.2, 0.25) is 5.91 Å². The molecule has 1 amide bonds. The van der Waals surface area contributed by atoms with Crippen molar-refractivity contribution in [3.63, 3.8) is 0 Å². The summed E-state index contributed by atoms with van der Waals surface area (Å²) in [6, 6.07) is 2.44. The first-order valence-corrected chi connectivity index (χ1v) is 6.29. The van der Waals surface area contributed by atoms with Crippen molar-refractivity contribution in [3.8, 4) is 6.07 Å². The summed E-state index contributed by atoms with van der Waals surface area (Å²) in [4.78, 5) is 11.8. The van der Waals surface area contributed by atoms with Crippen LogP contribution in [0.2, 0.25) is 0 Å². The van der Waals surface area contributed by atoms with Gasteiger partial charge < -0.3 is 15.4 Å². The lowest BCUT2D eigenvalue weighted by Gasteiger charge is -2.24. The molecule has 1 aliphatic heterocycles. The Balaban J connectivity index is 1.75. The molecule has 1 saturated heterocycles. The third-order valence-electron chi connectivity index (χ3n) is 3.46. The Morgan fingerprint density at radius 2 is 2.41 bits per heavy atom. The molecule has 2 fully saturated rings. The number of rotatable bonds is 3. The average molecular weight is 237 g/mol. The van der Waals surface area contributed by atoms with Crippen LogP contribution in [0.1, 0.15) is 25.7 Å². The van der Waals surface area contributed by atoms with Gasteiger partial charge in [-0.2, -0.15) is 5.26 Å². The van der Waals surface area contributed by atoms with Crippen LogP contribution in [0.15, 0.2) is 0 Å². The summed E-state index contributed by atoms with van der Waals surface area (Å²) < 4.78 is 5.30. The first kappa shape index (κ1) is 12.3. The molecule has 1 saturated carbocycles. The molecule has 0 aromatic carbocycles. The number of carbonyl (C=O) groups is 1. The number of hydrogen-bond donors (Lipinski definition) is 2. The Hall–Kier alpha value is -1.12.